The van der Waals surface area contributed by atoms with Gasteiger partial charge in [0.1, 0.15) is 0 Å². The summed E-state index contributed by atoms with van der Waals surface area (Å²) >= 11 is 0. The van der Waals surface area contributed by atoms with Crippen LogP contribution in [-0.4, -0.2) is 4.70 Å². The van der Waals surface area contributed by atoms with Gasteiger partial charge >= 0.3 is 16.5 Å². The second-order valence-electron chi connectivity index (χ2n) is 13.7. The number of nitrogens with zero attached hydrogens (tertiary/aromatic N) is 2. The second-order valence-corrected chi connectivity index (χ2v) is 13.7. The first-order valence-electron chi connectivity index (χ1n) is 20.1. The van der Waals surface area contributed by atoms with Crippen LogP contribution in [-0.2, 0) is 22.9 Å². The van der Waals surface area contributed by atoms with Crippen molar-refractivity contribution in [1.29, 1.82) is 0 Å². The number of benzene rings is 2. The topological polar surface area (TPSA) is 25.3 Å². The Labute approximate surface area is 315 Å². The van der Waals surface area contributed by atoms with Gasteiger partial charge in [0.05, 0.1) is 0 Å². The number of hydrogen-bond acceptors (Lipinski definition) is 0. The molecule has 1 aliphatic rings. The Morgan fingerprint density at radius 2 is 0.939 bits per heavy atom. The van der Waals surface area contributed by atoms with Crippen LogP contribution in [0, 0.1) is 20.8 Å². The monoisotopic (exact) mass is 713 g/mol. The molecule has 0 amide bonds. The van der Waals surface area contributed by atoms with E-state index >= 15 is 0 Å². The van der Waals surface area contributed by atoms with Crippen LogP contribution in [0.25, 0.3) is 16.9 Å². The number of unbranched alkanes of at least 4 members (excludes halogenated alkanes) is 14. The van der Waals surface area contributed by atoms with Gasteiger partial charge in [0.2, 0.25) is 11.4 Å². The molecule has 0 saturated carbocycles. The molecular formula is C46H74N2Ni. The van der Waals surface area contributed by atoms with E-state index in [1.807, 2.05) is 0 Å². The van der Waals surface area contributed by atoms with Crippen molar-refractivity contribution in [2.24, 2.45) is 0 Å². The van der Waals surface area contributed by atoms with Gasteiger partial charge < -0.3 is 19.4 Å². The number of aryl methyl sites for hydroxylation is 2. The van der Waals surface area contributed by atoms with Crippen LogP contribution in [0.15, 0.2) is 59.7 Å². The zero-order chi connectivity index (χ0) is 35.4. The summed E-state index contributed by atoms with van der Waals surface area (Å²) in [6, 6.07) is 17.4. The Balaban J connectivity index is 0.00000112. The fourth-order valence-electron chi connectivity index (χ4n) is 6.30. The molecule has 49 heavy (non-hydrogen) atoms. The predicted molar refractivity (Wildman–Crippen MR) is 215 cm³/mol. The van der Waals surface area contributed by atoms with Crippen LogP contribution in [0.1, 0.15) is 192 Å². The molecule has 3 rings (SSSR count). The van der Waals surface area contributed by atoms with Crippen LogP contribution in [0.2, 0.25) is 0 Å². The standard InChI is InChI=1S/C30H40N2.2C8H17.Ni/c1-5-8-11-20-28-27(19-10-7-3)29(25-17-12-14-23(4)21-25)32(31)30(28)26-18-13-16-24(22-26)15-9-6-2;2*1-3-5-7-8-6-4-2;/h12-14,16-18,21-22H,5-11,15,19-20H2,1-4H3;2*1,3-8H2,2H3;/q;2*-1;+2. The van der Waals surface area contributed by atoms with Gasteiger partial charge in [-0.2, -0.15) is 12.8 Å². The molecule has 0 aromatic heterocycles. The van der Waals surface area contributed by atoms with Gasteiger partial charge in [0, 0.05) is 22.3 Å². The zero-order valence-corrected chi connectivity index (χ0v) is 33.8. The maximum atomic E-state index is 11.6. The minimum absolute atomic E-state index is 0. The van der Waals surface area contributed by atoms with Gasteiger partial charge in [-0.25, -0.2) is 4.70 Å². The summed E-state index contributed by atoms with van der Waals surface area (Å²) < 4.78 is 1.51. The molecule has 0 fully saturated rings. The van der Waals surface area contributed by atoms with Gasteiger partial charge in [-0.3, -0.25) is 0 Å². The summed E-state index contributed by atoms with van der Waals surface area (Å²) in [5.74, 6) is 0. The summed E-state index contributed by atoms with van der Waals surface area (Å²) in [7, 11) is 0. The van der Waals surface area contributed by atoms with E-state index in [1.165, 1.54) is 117 Å². The Hall–Kier alpha value is -1.99. The average Bonchev–Trinajstić information content (AvgIpc) is 3.38. The molecule has 0 N–H and O–H groups in total. The maximum absolute atomic E-state index is 11.6. The molecule has 2 nitrogen and oxygen atoms in total. The molecule has 0 spiro atoms. The second kappa shape index (κ2) is 30.8. The summed E-state index contributed by atoms with van der Waals surface area (Å²) in [6.45, 7) is 20.9. The molecule has 0 bridgehead atoms. The molecule has 0 atom stereocenters. The molecule has 0 unspecified atom stereocenters. The van der Waals surface area contributed by atoms with Crippen molar-refractivity contribution in [3.8, 4) is 0 Å². The number of rotatable bonds is 22. The Morgan fingerprint density at radius 3 is 1.43 bits per heavy atom. The van der Waals surface area contributed by atoms with Gasteiger partial charge in [-0.05, 0) is 75.3 Å². The van der Waals surface area contributed by atoms with E-state index in [2.05, 4.69) is 104 Å². The molecule has 1 heterocycles. The van der Waals surface area contributed by atoms with Gasteiger partial charge in [0.25, 0.3) is 0 Å². The molecule has 0 aliphatic carbocycles. The van der Waals surface area contributed by atoms with Crippen molar-refractivity contribution >= 4 is 11.4 Å². The molecule has 3 heteroatoms. The van der Waals surface area contributed by atoms with Crippen molar-refractivity contribution in [2.75, 3.05) is 0 Å². The molecule has 2 aromatic carbocycles. The summed E-state index contributed by atoms with van der Waals surface area (Å²) in [5, 5.41) is 0. The fourth-order valence-corrected chi connectivity index (χ4v) is 6.30. The molecule has 1 aliphatic heterocycles. The Morgan fingerprint density at radius 1 is 0.510 bits per heavy atom. The molecule has 0 saturated heterocycles. The fraction of sp³-hybridized carbons (Fsp3) is 0.609. The van der Waals surface area contributed by atoms with E-state index in [0.717, 1.165) is 73.9 Å². The Bertz CT molecular complexity index is 1170. The van der Waals surface area contributed by atoms with Gasteiger partial charge in [-0.1, -0.05) is 154 Å². The summed E-state index contributed by atoms with van der Waals surface area (Å²) in [4.78, 5) is 0. The van der Waals surface area contributed by atoms with E-state index in [0.29, 0.717) is 0 Å². The summed E-state index contributed by atoms with van der Waals surface area (Å²) in [5.41, 5.74) is 21.1. The maximum Gasteiger partial charge on any atom is 2.00 e. The third-order valence-corrected chi connectivity index (χ3v) is 9.19. The third-order valence-electron chi connectivity index (χ3n) is 9.19. The van der Waals surface area contributed by atoms with Crippen molar-refractivity contribution in [1.82, 2.24) is 0 Å². The first-order chi connectivity index (χ1) is 23.4. The Kier molecular flexibility index (Phi) is 29.6. The summed E-state index contributed by atoms with van der Waals surface area (Å²) in [6.07, 6.45) is 27.4. The first-order valence-corrected chi connectivity index (χ1v) is 20.1. The minimum Gasteiger partial charge on any atom is -0.493 e. The first kappa shape index (κ1) is 47.0. The zero-order valence-electron chi connectivity index (χ0n) is 32.8. The van der Waals surface area contributed by atoms with E-state index in [9.17, 15) is 5.53 Å². The SMILES string of the molecule is CCCCCC1=C(c2cccc(CCCC)c2)[N+](=[N-])C(c2cccc(C)c2)=C1CCCC.[CH2-]CCCCCCC.[CH2-]CCCCCCC.[Ni+2]. The molecule has 0 radical (unpaired) electrons. The van der Waals surface area contributed by atoms with Crippen LogP contribution in [0.3, 0.4) is 0 Å². The van der Waals surface area contributed by atoms with Gasteiger partial charge in [0.15, 0.2) is 0 Å². The quantitative estimate of drug-likeness (QED) is 0.0502. The smallest absolute Gasteiger partial charge is 0.493 e. The number of allylic oxidation sites excluding steroid dienone is 2. The van der Waals surface area contributed by atoms with E-state index in [-0.39, 0.29) is 16.5 Å². The number of hydrogen-bond donors (Lipinski definition) is 0. The van der Waals surface area contributed by atoms with Crippen molar-refractivity contribution in [2.45, 2.75) is 183 Å². The third kappa shape index (κ3) is 18.7. The normalized spacial score (nSPS) is 12.4. The van der Waals surface area contributed by atoms with E-state index in [4.69, 9.17) is 0 Å². The van der Waals surface area contributed by atoms with Crippen LogP contribution >= 0.6 is 0 Å². The minimum atomic E-state index is 0. The van der Waals surface area contributed by atoms with E-state index in [1.54, 1.807) is 0 Å². The molecular weight excluding hydrogens is 639 g/mol. The molecule has 278 valence electrons. The van der Waals surface area contributed by atoms with Gasteiger partial charge in [-0.15, -0.1) is 0 Å². The molecule has 2 aromatic rings. The average molecular weight is 714 g/mol. The van der Waals surface area contributed by atoms with E-state index < -0.39 is 0 Å². The van der Waals surface area contributed by atoms with Crippen LogP contribution in [0.5, 0.6) is 0 Å². The van der Waals surface area contributed by atoms with Crippen molar-refractivity contribution in [3.05, 3.63) is 101 Å². The van der Waals surface area contributed by atoms with Crippen LogP contribution < -0.4 is 0 Å². The van der Waals surface area contributed by atoms with Crippen LogP contribution in [0.4, 0.5) is 0 Å². The predicted octanol–water partition coefficient (Wildman–Crippen LogP) is 15.6. The largest absolute Gasteiger partial charge is 2.00 e. The van der Waals surface area contributed by atoms with Crippen molar-refractivity contribution in [3.63, 3.8) is 0 Å². The van der Waals surface area contributed by atoms with Crippen molar-refractivity contribution < 1.29 is 21.2 Å².